The van der Waals surface area contributed by atoms with Gasteiger partial charge in [-0.3, -0.25) is 9.12 Å². The molecule has 190 valence electrons. The molecule has 0 radical (unpaired) electrons. The fourth-order valence-electron chi connectivity index (χ4n) is 3.91. The van der Waals surface area contributed by atoms with E-state index in [0.717, 1.165) is 0 Å². The summed E-state index contributed by atoms with van der Waals surface area (Å²) in [5.41, 5.74) is 1.29. The molecule has 1 aliphatic rings. The van der Waals surface area contributed by atoms with Gasteiger partial charge >= 0.3 is 11.9 Å². The van der Waals surface area contributed by atoms with Crippen molar-refractivity contribution in [2.45, 2.75) is 24.9 Å². The van der Waals surface area contributed by atoms with Crippen LogP contribution in [-0.4, -0.2) is 54.8 Å². The SMILES string of the molecule is O=C(OC[C@H]1O[C@@H](n2cnc3c(OSO)nc(Cl)nc32)C[C@H]1OC(=O)c1ccccc1)c1ccccc1. The van der Waals surface area contributed by atoms with Gasteiger partial charge in [0.05, 0.1) is 17.5 Å². The number of benzene rings is 2. The van der Waals surface area contributed by atoms with Crippen LogP contribution in [-0.2, 0) is 14.2 Å². The normalized spacial score (nSPS) is 19.0. The number of halogens is 1. The Kier molecular flexibility index (Phi) is 7.51. The first-order valence-electron chi connectivity index (χ1n) is 11.1. The zero-order valence-corrected chi connectivity index (χ0v) is 20.5. The Morgan fingerprint density at radius 2 is 1.73 bits per heavy atom. The first-order valence-corrected chi connectivity index (χ1v) is 12.1. The minimum atomic E-state index is -0.774. The summed E-state index contributed by atoms with van der Waals surface area (Å²) >= 11 is 6.13. The Morgan fingerprint density at radius 3 is 2.41 bits per heavy atom. The topological polar surface area (TPSA) is 135 Å². The van der Waals surface area contributed by atoms with E-state index in [2.05, 4.69) is 15.0 Å². The zero-order valence-electron chi connectivity index (χ0n) is 19.0. The van der Waals surface area contributed by atoms with Crippen LogP contribution in [0, 0.1) is 0 Å². The molecule has 3 atom stereocenters. The lowest BCUT2D eigenvalue weighted by molar-refractivity contribution is -0.0563. The van der Waals surface area contributed by atoms with Crippen molar-refractivity contribution in [2.75, 3.05) is 6.61 Å². The molecule has 11 nitrogen and oxygen atoms in total. The van der Waals surface area contributed by atoms with Crippen molar-refractivity contribution in [3.63, 3.8) is 0 Å². The summed E-state index contributed by atoms with van der Waals surface area (Å²) in [6.45, 7) is -0.158. The van der Waals surface area contributed by atoms with Crippen LogP contribution in [0.2, 0.25) is 5.28 Å². The molecule has 1 N–H and O–H groups in total. The third-order valence-corrected chi connectivity index (χ3v) is 6.03. The van der Waals surface area contributed by atoms with Crippen molar-refractivity contribution in [1.82, 2.24) is 19.5 Å². The molecule has 37 heavy (non-hydrogen) atoms. The molecule has 0 unspecified atom stereocenters. The minimum Gasteiger partial charge on any atom is -0.459 e. The summed E-state index contributed by atoms with van der Waals surface area (Å²) in [6, 6.07) is 17.1. The van der Waals surface area contributed by atoms with Crippen LogP contribution < -0.4 is 4.18 Å². The second-order valence-corrected chi connectivity index (χ2v) is 8.57. The number of hydrogen-bond donors (Lipinski definition) is 1. The molecule has 13 heteroatoms. The van der Waals surface area contributed by atoms with Gasteiger partial charge < -0.3 is 18.4 Å². The predicted molar refractivity (Wildman–Crippen MR) is 132 cm³/mol. The third kappa shape index (κ3) is 5.52. The van der Waals surface area contributed by atoms with Crippen LogP contribution in [0.15, 0.2) is 67.0 Å². The maximum atomic E-state index is 12.8. The Hall–Kier alpha value is -3.71. The van der Waals surface area contributed by atoms with Crippen molar-refractivity contribution < 1.29 is 32.5 Å². The summed E-state index contributed by atoms with van der Waals surface area (Å²) < 4.78 is 33.1. The summed E-state index contributed by atoms with van der Waals surface area (Å²) in [5.74, 6) is -1.10. The lowest BCUT2D eigenvalue weighted by Gasteiger charge is -2.19. The van der Waals surface area contributed by atoms with Gasteiger partial charge in [0.2, 0.25) is 17.6 Å². The molecular weight excluding hydrogens is 524 g/mol. The Labute approximate surface area is 219 Å². The molecule has 1 saturated heterocycles. The number of rotatable bonds is 8. The van der Waals surface area contributed by atoms with Gasteiger partial charge in [0.15, 0.2) is 11.2 Å². The fraction of sp³-hybridized carbons (Fsp3) is 0.208. The number of carbonyl (C=O) groups excluding carboxylic acids is 2. The monoisotopic (exact) mass is 542 g/mol. The van der Waals surface area contributed by atoms with E-state index < -0.39 is 30.4 Å². The Morgan fingerprint density at radius 1 is 1.05 bits per heavy atom. The smallest absolute Gasteiger partial charge is 0.338 e. The minimum absolute atomic E-state index is 0.0281. The molecule has 0 aliphatic carbocycles. The molecule has 3 heterocycles. The maximum Gasteiger partial charge on any atom is 0.338 e. The van der Waals surface area contributed by atoms with E-state index >= 15 is 0 Å². The van der Waals surface area contributed by atoms with Crippen LogP contribution >= 0.6 is 23.9 Å². The first kappa shape index (κ1) is 25.0. The molecule has 2 aromatic heterocycles. The number of imidazole rings is 1. The van der Waals surface area contributed by atoms with E-state index in [-0.39, 0.29) is 47.7 Å². The van der Waals surface area contributed by atoms with Crippen LogP contribution in [0.4, 0.5) is 0 Å². The fourth-order valence-corrected chi connectivity index (χ4v) is 4.25. The molecule has 1 aliphatic heterocycles. The van der Waals surface area contributed by atoms with E-state index in [1.165, 1.54) is 6.33 Å². The number of carbonyl (C=O) groups is 2. The quantitative estimate of drug-likeness (QED) is 0.193. The van der Waals surface area contributed by atoms with Crippen LogP contribution in [0.25, 0.3) is 11.2 Å². The lowest BCUT2D eigenvalue weighted by Crippen LogP contribution is -2.32. The van der Waals surface area contributed by atoms with Gasteiger partial charge in [0, 0.05) is 6.42 Å². The molecule has 2 aromatic carbocycles. The van der Waals surface area contributed by atoms with Gasteiger partial charge in [-0.25, -0.2) is 14.6 Å². The summed E-state index contributed by atoms with van der Waals surface area (Å²) in [5, 5.41) is -0.128. The highest BCUT2D eigenvalue weighted by Crippen LogP contribution is 2.35. The second kappa shape index (κ2) is 11.1. The van der Waals surface area contributed by atoms with Crippen molar-refractivity contribution in [3.05, 3.63) is 83.4 Å². The van der Waals surface area contributed by atoms with E-state index in [9.17, 15) is 9.59 Å². The molecule has 0 spiro atoms. The average Bonchev–Trinajstić information content (AvgIpc) is 3.52. The van der Waals surface area contributed by atoms with Gasteiger partial charge in [0.1, 0.15) is 25.0 Å². The molecule has 5 rings (SSSR count). The van der Waals surface area contributed by atoms with E-state index in [1.54, 1.807) is 65.2 Å². The highest BCUT2D eigenvalue weighted by molar-refractivity contribution is 7.89. The molecule has 0 bridgehead atoms. The van der Waals surface area contributed by atoms with E-state index in [1.807, 2.05) is 0 Å². The van der Waals surface area contributed by atoms with Gasteiger partial charge in [-0.1, -0.05) is 36.4 Å². The number of fused-ring (bicyclic) bond motifs is 1. The summed E-state index contributed by atoms with van der Waals surface area (Å²) in [6.07, 6.45) is -0.559. The van der Waals surface area contributed by atoms with Crippen molar-refractivity contribution in [2.24, 2.45) is 0 Å². The zero-order chi connectivity index (χ0) is 25.8. The van der Waals surface area contributed by atoms with Crippen molar-refractivity contribution in [3.8, 4) is 5.88 Å². The average molecular weight is 543 g/mol. The Bertz CT molecular complexity index is 1410. The van der Waals surface area contributed by atoms with E-state index in [4.69, 9.17) is 34.5 Å². The largest absolute Gasteiger partial charge is 0.459 e. The standard InChI is InChI=1S/C24H19ClN4O7S/c25-24-27-20-19(21(28-24)36-37-32)26-13-29(20)18-11-16(35-23(31)15-9-5-2-6-10-15)17(34-18)12-33-22(30)14-7-3-1-4-8-14/h1-10,13,16-18,32H,11-12H2/t16-,17-,18-/m1/s1. The summed E-state index contributed by atoms with van der Waals surface area (Å²) in [4.78, 5) is 37.7. The van der Waals surface area contributed by atoms with E-state index in [0.29, 0.717) is 11.1 Å². The number of nitrogens with zero attached hydrogens (tertiary/aromatic N) is 4. The predicted octanol–water partition coefficient (Wildman–Crippen LogP) is 4.35. The second-order valence-electron chi connectivity index (χ2n) is 7.92. The lowest BCUT2D eigenvalue weighted by atomic mass is 10.1. The van der Waals surface area contributed by atoms with Crippen LogP contribution in [0.3, 0.4) is 0 Å². The number of aromatic nitrogens is 4. The van der Waals surface area contributed by atoms with Gasteiger partial charge in [-0.2, -0.15) is 9.97 Å². The number of hydrogen-bond acceptors (Lipinski definition) is 11. The highest BCUT2D eigenvalue weighted by Gasteiger charge is 2.41. The molecule has 4 aromatic rings. The van der Waals surface area contributed by atoms with Crippen molar-refractivity contribution >= 4 is 47.0 Å². The van der Waals surface area contributed by atoms with Crippen LogP contribution in [0.1, 0.15) is 33.4 Å². The van der Waals surface area contributed by atoms with Gasteiger partial charge in [-0.05, 0) is 35.9 Å². The number of ether oxygens (including phenoxy) is 3. The Balaban J connectivity index is 1.39. The number of esters is 2. The highest BCUT2D eigenvalue weighted by atomic mass is 35.5. The van der Waals surface area contributed by atoms with Gasteiger partial charge in [0.25, 0.3) is 5.88 Å². The third-order valence-electron chi connectivity index (χ3n) is 5.63. The first-order chi connectivity index (χ1) is 18.0. The molecule has 0 amide bonds. The molecule has 1 fully saturated rings. The van der Waals surface area contributed by atoms with Crippen LogP contribution in [0.5, 0.6) is 5.88 Å². The van der Waals surface area contributed by atoms with Crippen molar-refractivity contribution in [1.29, 1.82) is 0 Å². The van der Waals surface area contributed by atoms with Gasteiger partial charge in [-0.15, -0.1) is 0 Å². The molecular formula is C24H19ClN4O7S. The maximum absolute atomic E-state index is 12.8. The summed E-state index contributed by atoms with van der Waals surface area (Å²) in [7, 11) is 0. The molecule has 0 saturated carbocycles.